The molecule has 94 valence electrons. The lowest BCUT2D eigenvalue weighted by Gasteiger charge is -2.06. The highest BCUT2D eigenvalue weighted by molar-refractivity contribution is 7.98. The Kier molecular flexibility index (Phi) is 6.74. The van der Waals surface area contributed by atoms with Crippen molar-refractivity contribution in [2.24, 2.45) is 0 Å². The van der Waals surface area contributed by atoms with Gasteiger partial charge in [-0.15, -0.1) is 0 Å². The van der Waals surface area contributed by atoms with Gasteiger partial charge in [0.2, 0.25) is 5.91 Å². The van der Waals surface area contributed by atoms with Crippen LogP contribution in [0.5, 0.6) is 0 Å². The quantitative estimate of drug-likeness (QED) is 0.732. The minimum absolute atomic E-state index is 0.0120. The number of carbonyl (C=O) groups is 1. The molecule has 0 aromatic heterocycles. The number of aryl methyl sites for hydroxylation is 1. The molecule has 1 aromatic carbocycles. The predicted molar refractivity (Wildman–Crippen MR) is 75.7 cm³/mol. The average Bonchev–Trinajstić information content (AvgIpc) is 2.32. The van der Waals surface area contributed by atoms with E-state index in [4.69, 9.17) is 0 Å². The molecule has 1 aromatic rings. The van der Waals surface area contributed by atoms with Crippen LogP contribution in [-0.2, 0) is 4.79 Å². The molecule has 0 aliphatic heterocycles. The molecule has 0 radical (unpaired) electrons. The third-order valence-corrected chi connectivity index (χ3v) is 3.02. The second-order valence-corrected chi connectivity index (χ2v) is 4.92. The highest BCUT2D eigenvalue weighted by Gasteiger charge is 2.00. The first-order chi connectivity index (χ1) is 8.22. The fourth-order valence-electron chi connectivity index (χ4n) is 1.39. The maximum Gasteiger partial charge on any atom is 0.238 e. The van der Waals surface area contributed by atoms with E-state index >= 15 is 0 Å². The Labute approximate surface area is 107 Å². The first kappa shape index (κ1) is 14.1. The molecule has 3 nitrogen and oxygen atoms in total. The Hall–Kier alpha value is -1.00. The SMILES string of the molecule is CSCCCNCC(=O)Nc1ccc(C)cc1. The molecular weight excluding hydrogens is 232 g/mol. The number of benzene rings is 1. The Morgan fingerprint density at radius 2 is 2.00 bits per heavy atom. The lowest BCUT2D eigenvalue weighted by molar-refractivity contribution is -0.115. The van der Waals surface area contributed by atoms with Crippen molar-refractivity contribution < 1.29 is 4.79 Å². The first-order valence-electron chi connectivity index (χ1n) is 5.78. The van der Waals surface area contributed by atoms with Crippen molar-refractivity contribution in [1.82, 2.24) is 5.32 Å². The van der Waals surface area contributed by atoms with E-state index < -0.39 is 0 Å². The predicted octanol–water partition coefficient (Wildman–Crippen LogP) is 2.28. The van der Waals surface area contributed by atoms with Crippen molar-refractivity contribution in [3.63, 3.8) is 0 Å². The summed E-state index contributed by atoms with van der Waals surface area (Å²) in [5, 5.41) is 5.98. The van der Waals surface area contributed by atoms with Gasteiger partial charge in [0, 0.05) is 5.69 Å². The van der Waals surface area contributed by atoms with Crippen LogP contribution in [0.25, 0.3) is 0 Å². The summed E-state index contributed by atoms with van der Waals surface area (Å²) in [7, 11) is 0. The van der Waals surface area contributed by atoms with Crippen LogP contribution in [-0.4, -0.2) is 31.0 Å². The number of carbonyl (C=O) groups excluding carboxylic acids is 1. The normalized spacial score (nSPS) is 10.2. The molecule has 0 aliphatic rings. The van der Waals surface area contributed by atoms with E-state index in [1.165, 1.54) is 5.56 Å². The fraction of sp³-hybridized carbons (Fsp3) is 0.462. The number of hydrogen-bond acceptors (Lipinski definition) is 3. The highest BCUT2D eigenvalue weighted by atomic mass is 32.2. The molecule has 0 saturated heterocycles. The first-order valence-corrected chi connectivity index (χ1v) is 7.18. The van der Waals surface area contributed by atoms with Gasteiger partial charge < -0.3 is 10.6 Å². The summed E-state index contributed by atoms with van der Waals surface area (Å²) in [6.45, 7) is 3.29. The summed E-state index contributed by atoms with van der Waals surface area (Å²) in [4.78, 5) is 11.6. The van der Waals surface area contributed by atoms with Gasteiger partial charge in [0.05, 0.1) is 6.54 Å². The average molecular weight is 252 g/mol. The second-order valence-electron chi connectivity index (χ2n) is 3.94. The number of nitrogens with one attached hydrogen (secondary N) is 2. The number of rotatable bonds is 7. The van der Waals surface area contributed by atoms with Crippen LogP contribution in [0, 0.1) is 6.92 Å². The largest absolute Gasteiger partial charge is 0.325 e. The summed E-state index contributed by atoms with van der Waals surface area (Å²) in [5.41, 5.74) is 2.05. The van der Waals surface area contributed by atoms with Crippen LogP contribution in [0.15, 0.2) is 24.3 Å². The van der Waals surface area contributed by atoms with E-state index in [0.29, 0.717) is 6.54 Å². The summed E-state index contributed by atoms with van der Waals surface area (Å²) < 4.78 is 0. The molecule has 0 heterocycles. The van der Waals surface area contributed by atoms with Crippen LogP contribution >= 0.6 is 11.8 Å². The van der Waals surface area contributed by atoms with Crippen molar-refractivity contribution >= 4 is 23.4 Å². The summed E-state index contributed by atoms with van der Waals surface area (Å²) >= 11 is 1.82. The summed E-state index contributed by atoms with van der Waals surface area (Å²) in [5.74, 6) is 1.14. The van der Waals surface area contributed by atoms with E-state index in [-0.39, 0.29) is 5.91 Å². The smallest absolute Gasteiger partial charge is 0.238 e. The highest BCUT2D eigenvalue weighted by Crippen LogP contribution is 2.07. The van der Waals surface area contributed by atoms with E-state index in [2.05, 4.69) is 16.9 Å². The Bertz CT molecular complexity index is 338. The zero-order valence-corrected chi connectivity index (χ0v) is 11.3. The van der Waals surface area contributed by atoms with Crippen molar-refractivity contribution in [3.8, 4) is 0 Å². The zero-order valence-electron chi connectivity index (χ0n) is 10.5. The lowest BCUT2D eigenvalue weighted by Crippen LogP contribution is -2.28. The Morgan fingerprint density at radius 3 is 2.65 bits per heavy atom. The Morgan fingerprint density at radius 1 is 1.29 bits per heavy atom. The van der Waals surface area contributed by atoms with Crippen LogP contribution in [0.4, 0.5) is 5.69 Å². The van der Waals surface area contributed by atoms with Gasteiger partial charge >= 0.3 is 0 Å². The van der Waals surface area contributed by atoms with E-state index in [1.807, 2.05) is 43.0 Å². The topological polar surface area (TPSA) is 41.1 Å². The van der Waals surface area contributed by atoms with E-state index in [0.717, 1.165) is 24.4 Å². The Balaban J connectivity index is 2.18. The maximum absolute atomic E-state index is 11.6. The molecule has 0 saturated carbocycles. The molecule has 2 N–H and O–H groups in total. The van der Waals surface area contributed by atoms with Gasteiger partial charge in [0.25, 0.3) is 0 Å². The van der Waals surface area contributed by atoms with Gasteiger partial charge in [-0.2, -0.15) is 11.8 Å². The third-order valence-electron chi connectivity index (χ3n) is 2.32. The molecule has 1 amide bonds. The molecule has 1 rings (SSSR count). The van der Waals surface area contributed by atoms with Crippen LogP contribution in [0.1, 0.15) is 12.0 Å². The number of amides is 1. The number of hydrogen-bond donors (Lipinski definition) is 2. The van der Waals surface area contributed by atoms with Gasteiger partial charge in [0.1, 0.15) is 0 Å². The molecule has 0 unspecified atom stereocenters. The van der Waals surface area contributed by atoms with Crippen LogP contribution in [0.2, 0.25) is 0 Å². The molecule has 4 heteroatoms. The van der Waals surface area contributed by atoms with Gasteiger partial charge in [-0.05, 0) is 44.0 Å². The van der Waals surface area contributed by atoms with Gasteiger partial charge in [-0.25, -0.2) is 0 Å². The van der Waals surface area contributed by atoms with Gasteiger partial charge in [0.15, 0.2) is 0 Å². The second kappa shape index (κ2) is 8.14. The maximum atomic E-state index is 11.6. The fourth-order valence-corrected chi connectivity index (χ4v) is 1.82. The van der Waals surface area contributed by atoms with Gasteiger partial charge in [-0.1, -0.05) is 17.7 Å². The van der Waals surface area contributed by atoms with Crippen molar-refractivity contribution in [2.45, 2.75) is 13.3 Å². The lowest BCUT2D eigenvalue weighted by atomic mass is 10.2. The van der Waals surface area contributed by atoms with Crippen molar-refractivity contribution in [2.75, 3.05) is 30.4 Å². The van der Waals surface area contributed by atoms with E-state index in [1.54, 1.807) is 0 Å². The van der Waals surface area contributed by atoms with Crippen molar-refractivity contribution in [3.05, 3.63) is 29.8 Å². The molecule has 0 bridgehead atoms. The standard InChI is InChI=1S/C13H20N2OS/c1-11-4-6-12(7-5-11)15-13(16)10-14-8-3-9-17-2/h4-7,14H,3,8-10H2,1-2H3,(H,15,16). The van der Waals surface area contributed by atoms with Gasteiger partial charge in [-0.3, -0.25) is 4.79 Å². The molecule has 0 atom stereocenters. The summed E-state index contributed by atoms with van der Waals surface area (Å²) in [6, 6.07) is 7.81. The molecule has 0 spiro atoms. The minimum Gasteiger partial charge on any atom is -0.325 e. The third kappa shape index (κ3) is 6.34. The monoisotopic (exact) mass is 252 g/mol. The molecule has 0 aliphatic carbocycles. The van der Waals surface area contributed by atoms with Crippen LogP contribution in [0.3, 0.4) is 0 Å². The molecular formula is C13H20N2OS. The summed E-state index contributed by atoms with van der Waals surface area (Å²) in [6.07, 6.45) is 3.18. The van der Waals surface area contributed by atoms with E-state index in [9.17, 15) is 4.79 Å². The van der Waals surface area contributed by atoms with Crippen LogP contribution < -0.4 is 10.6 Å². The number of anilines is 1. The zero-order chi connectivity index (χ0) is 12.5. The molecule has 0 fully saturated rings. The van der Waals surface area contributed by atoms with Crippen molar-refractivity contribution in [1.29, 1.82) is 0 Å². The number of thioether (sulfide) groups is 1. The molecule has 17 heavy (non-hydrogen) atoms. The minimum atomic E-state index is 0.0120.